The van der Waals surface area contributed by atoms with E-state index in [0.717, 1.165) is 28.5 Å². The molecule has 0 amide bonds. The number of aromatic nitrogens is 2. The maximum Gasteiger partial charge on any atom is 0.269 e. The van der Waals surface area contributed by atoms with Crippen LogP contribution in [0, 0.1) is 10.1 Å². The van der Waals surface area contributed by atoms with Gasteiger partial charge in [0.05, 0.1) is 23.8 Å². The highest BCUT2D eigenvalue weighted by Gasteiger charge is 2.42. The van der Waals surface area contributed by atoms with Crippen LogP contribution in [0.4, 0.5) is 11.4 Å². The number of nitro groups is 1. The topological polar surface area (TPSA) is 85.5 Å². The first-order valence-corrected chi connectivity index (χ1v) is 11.0. The van der Waals surface area contributed by atoms with E-state index in [-0.39, 0.29) is 17.8 Å². The van der Waals surface area contributed by atoms with Crippen LogP contribution < -0.4 is 15.0 Å². The smallest absolute Gasteiger partial charge is 0.269 e. The number of hydrogen-bond acceptors (Lipinski definition) is 5. The second kappa shape index (κ2) is 8.95. The molecule has 9 heteroatoms. The van der Waals surface area contributed by atoms with E-state index in [1.54, 1.807) is 25.4 Å². The van der Waals surface area contributed by atoms with Gasteiger partial charge in [0.2, 0.25) is 0 Å². The summed E-state index contributed by atoms with van der Waals surface area (Å²) in [6.07, 6.45) is 3.71. The number of rotatable bonds is 6. The lowest BCUT2D eigenvalue weighted by Crippen LogP contribution is -2.30. The number of pyridine rings is 1. The number of thiocarbonyl (C=S) groups is 1. The van der Waals surface area contributed by atoms with Crippen LogP contribution in [0.2, 0.25) is 0 Å². The van der Waals surface area contributed by atoms with Gasteiger partial charge in [-0.05, 0) is 72.9 Å². The maximum atomic E-state index is 11.1. The highest BCUT2D eigenvalue weighted by Crippen LogP contribution is 2.42. The molecule has 34 heavy (non-hydrogen) atoms. The molecule has 1 aliphatic rings. The molecule has 0 bridgehead atoms. The molecule has 0 radical (unpaired) electrons. The average Bonchev–Trinajstić information content (AvgIpc) is 3.49. The third-order valence-electron chi connectivity index (χ3n) is 5.87. The van der Waals surface area contributed by atoms with Crippen LogP contribution >= 0.6 is 12.2 Å². The Kier molecular flexibility index (Phi) is 5.69. The molecule has 0 saturated carbocycles. The third-order valence-corrected chi connectivity index (χ3v) is 6.19. The molecule has 1 fully saturated rings. The Morgan fingerprint density at radius 3 is 2.38 bits per heavy atom. The lowest BCUT2D eigenvalue weighted by Gasteiger charge is -2.29. The fourth-order valence-corrected chi connectivity index (χ4v) is 4.63. The zero-order valence-corrected chi connectivity index (χ0v) is 19.1. The summed E-state index contributed by atoms with van der Waals surface area (Å²) >= 11 is 5.79. The minimum absolute atomic E-state index is 0.0485. The van der Waals surface area contributed by atoms with Gasteiger partial charge in [0, 0.05) is 41.6 Å². The first kappa shape index (κ1) is 21.6. The molecule has 2 aromatic heterocycles. The summed E-state index contributed by atoms with van der Waals surface area (Å²) in [5, 5.41) is 15.1. The van der Waals surface area contributed by atoms with Crippen molar-refractivity contribution in [2.24, 2.45) is 0 Å². The third kappa shape index (κ3) is 3.86. The highest BCUT2D eigenvalue weighted by molar-refractivity contribution is 7.80. The zero-order chi connectivity index (χ0) is 23.7. The van der Waals surface area contributed by atoms with Crippen LogP contribution in [-0.4, -0.2) is 26.7 Å². The van der Waals surface area contributed by atoms with E-state index < -0.39 is 4.92 Å². The summed E-state index contributed by atoms with van der Waals surface area (Å²) in [5.74, 6) is 0.758. The Hall–Kier alpha value is -4.24. The van der Waals surface area contributed by atoms with Crippen molar-refractivity contribution in [3.8, 4) is 11.4 Å². The molecule has 3 heterocycles. The normalized spacial score (nSPS) is 17.4. The van der Waals surface area contributed by atoms with Crippen molar-refractivity contribution >= 4 is 28.7 Å². The number of ether oxygens (including phenoxy) is 1. The lowest BCUT2D eigenvalue weighted by molar-refractivity contribution is -0.384. The van der Waals surface area contributed by atoms with Crippen molar-refractivity contribution in [2.75, 3.05) is 12.0 Å². The summed E-state index contributed by atoms with van der Waals surface area (Å²) in [5.41, 5.74) is 3.61. The number of nitrogens with one attached hydrogen (secondary N) is 1. The van der Waals surface area contributed by atoms with Crippen LogP contribution in [0.1, 0.15) is 23.5 Å². The summed E-state index contributed by atoms with van der Waals surface area (Å²) < 4.78 is 7.35. The van der Waals surface area contributed by atoms with Crippen molar-refractivity contribution in [2.45, 2.75) is 12.1 Å². The van der Waals surface area contributed by atoms with Gasteiger partial charge in [-0.15, -0.1) is 0 Å². The fraction of sp³-hybridized carbons (Fsp3) is 0.120. The number of non-ortho nitro benzene ring substituents is 1. The monoisotopic (exact) mass is 471 g/mol. The van der Waals surface area contributed by atoms with E-state index >= 15 is 0 Å². The van der Waals surface area contributed by atoms with Gasteiger partial charge in [0.25, 0.3) is 5.69 Å². The Labute approximate surface area is 201 Å². The number of hydrogen-bond donors (Lipinski definition) is 1. The second-order valence-electron chi connectivity index (χ2n) is 7.77. The van der Waals surface area contributed by atoms with Crippen molar-refractivity contribution in [1.29, 1.82) is 0 Å². The van der Waals surface area contributed by atoms with E-state index in [1.165, 1.54) is 12.1 Å². The van der Waals surface area contributed by atoms with Gasteiger partial charge in [-0.1, -0.05) is 6.07 Å². The standard InChI is InChI=1S/C25H21N5O3S/c1-33-20-13-11-18(12-14-20)29-24(23(27-25(29)34)21-5-2-3-15-26-21)22-6-4-16-28(22)17-7-9-19(10-8-17)30(31)32/h2-16,23-24H,1H3,(H,27,34)/t23-,24-/m1/s1. The van der Waals surface area contributed by atoms with Crippen molar-refractivity contribution in [1.82, 2.24) is 14.9 Å². The van der Waals surface area contributed by atoms with Crippen LogP contribution in [-0.2, 0) is 0 Å². The van der Waals surface area contributed by atoms with E-state index in [4.69, 9.17) is 17.0 Å². The molecule has 5 rings (SSSR count). The van der Waals surface area contributed by atoms with Gasteiger partial charge in [-0.2, -0.15) is 0 Å². The van der Waals surface area contributed by atoms with Crippen LogP contribution in [0.3, 0.4) is 0 Å². The minimum atomic E-state index is -0.401. The first-order valence-electron chi connectivity index (χ1n) is 10.6. The Balaban J connectivity index is 1.62. The number of benzene rings is 2. The van der Waals surface area contributed by atoms with Crippen LogP contribution in [0.5, 0.6) is 5.75 Å². The van der Waals surface area contributed by atoms with Gasteiger partial charge in [-0.3, -0.25) is 15.1 Å². The molecule has 4 aromatic rings. The van der Waals surface area contributed by atoms with Crippen molar-refractivity contribution in [3.05, 3.63) is 113 Å². The summed E-state index contributed by atoms with van der Waals surface area (Å²) in [6.45, 7) is 0. The van der Waals surface area contributed by atoms with Gasteiger partial charge in [-0.25, -0.2) is 0 Å². The molecular formula is C25H21N5O3S. The van der Waals surface area contributed by atoms with Gasteiger partial charge < -0.3 is 19.5 Å². The molecular weight excluding hydrogens is 450 g/mol. The first-order chi connectivity index (χ1) is 16.6. The average molecular weight is 472 g/mol. The summed E-state index contributed by atoms with van der Waals surface area (Å²) in [7, 11) is 1.63. The van der Waals surface area contributed by atoms with Crippen LogP contribution in [0.25, 0.3) is 5.69 Å². The Morgan fingerprint density at radius 1 is 1.00 bits per heavy atom. The molecule has 0 spiro atoms. The molecule has 1 N–H and O–H groups in total. The molecule has 0 aliphatic carbocycles. The molecule has 2 atom stereocenters. The number of nitro benzene ring substituents is 1. The van der Waals surface area contributed by atoms with E-state index in [1.807, 2.05) is 65.4 Å². The van der Waals surface area contributed by atoms with E-state index in [2.05, 4.69) is 15.2 Å². The molecule has 1 aliphatic heterocycles. The lowest BCUT2D eigenvalue weighted by atomic mass is 10.0. The summed E-state index contributed by atoms with van der Waals surface area (Å²) in [6, 6.07) is 23.6. The minimum Gasteiger partial charge on any atom is -0.497 e. The Bertz CT molecular complexity index is 1320. The van der Waals surface area contributed by atoms with Gasteiger partial charge >= 0.3 is 0 Å². The maximum absolute atomic E-state index is 11.1. The van der Waals surface area contributed by atoms with E-state index in [9.17, 15) is 10.1 Å². The Morgan fingerprint density at radius 2 is 1.74 bits per heavy atom. The van der Waals surface area contributed by atoms with Crippen LogP contribution in [0.15, 0.2) is 91.3 Å². The highest BCUT2D eigenvalue weighted by atomic mass is 32.1. The molecule has 170 valence electrons. The number of anilines is 1. The molecule has 1 saturated heterocycles. The molecule has 0 unspecified atom stereocenters. The van der Waals surface area contributed by atoms with Gasteiger partial charge in [0.15, 0.2) is 5.11 Å². The second-order valence-corrected chi connectivity index (χ2v) is 8.16. The van der Waals surface area contributed by atoms with E-state index in [0.29, 0.717) is 5.11 Å². The predicted octanol–water partition coefficient (Wildman–Crippen LogP) is 4.97. The van der Waals surface area contributed by atoms with Gasteiger partial charge in [0.1, 0.15) is 11.8 Å². The quantitative estimate of drug-likeness (QED) is 0.241. The van der Waals surface area contributed by atoms with Crippen molar-refractivity contribution in [3.63, 3.8) is 0 Å². The predicted molar refractivity (Wildman–Crippen MR) is 133 cm³/mol. The SMILES string of the molecule is COc1ccc(N2C(=S)N[C@H](c3ccccn3)[C@H]2c2cccn2-c2ccc([N+](=O)[O-])cc2)cc1. The number of methoxy groups -OCH3 is 1. The number of nitrogens with zero attached hydrogens (tertiary/aromatic N) is 4. The zero-order valence-electron chi connectivity index (χ0n) is 18.2. The summed E-state index contributed by atoms with van der Waals surface area (Å²) in [4.78, 5) is 17.4. The molecule has 2 aromatic carbocycles. The fourth-order valence-electron chi connectivity index (χ4n) is 4.28. The van der Waals surface area contributed by atoms with Crippen molar-refractivity contribution < 1.29 is 9.66 Å². The molecule has 8 nitrogen and oxygen atoms in total. The largest absolute Gasteiger partial charge is 0.497 e.